The van der Waals surface area contributed by atoms with Crippen molar-refractivity contribution in [2.75, 3.05) is 7.11 Å². The van der Waals surface area contributed by atoms with Crippen molar-refractivity contribution >= 4 is 40.1 Å². The van der Waals surface area contributed by atoms with E-state index in [1.54, 1.807) is 27.9 Å². The number of benzene rings is 1. The van der Waals surface area contributed by atoms with Crippen LogP contribution >= 0.6 is 22.7 Å². The molecule has 0 spiro atoms. The van der Waals surface area contributed by atoms with E-state index < -0.39 is 5.41 Å². The van der Waals surface area contributed by atoms with Gasteiger partial charge < -0.3 is 4.74 Å². The molecule has 0 fully saturated rings. The van der Waals surface area contributed by atoms with Crippen LogP contribution in [0.5, 0.6) is 5.75 Å². The molecule has 5 nitrogen and oxygen atoms in total. The molecule has 0 saturated carbocycles. The van der Waals surface area contributed by atoms with Crippen LogP contribution in [0.4, 0.5) is 0 Å². The lowest BCUT2D eigenvalue weighted by atomic mass is 9.87. The molecule has 0 amide bonds. The topological polar surface area (TPSA) is 72.1 Å². The van der Waals surface area contributed by atoms with Crippen LogP contribution in [-0.4, -0.2) is 17.5 Å². The normalized spacial score (nSPS) is 13.1. The van der Waals surface area contributed by atoms with Gasteiger partial charge in [0.05, 0.1) is 18.2 Å². The third-order valence-electron chi connectivity index (χ3n) is 4.46. The smallest absolute Gasteiger partial charge is 0.269 e. The van der Waals surface area contributed by atoms with Crippen molar-refractivity contribution in [1.29, 1.82) is 5.26 Å². The number of rotatable bonds is 5. The summed E-state index contributed by atoms with van der Waals surface area (Å²) in [7, 11) is 1.59. The van der Waals surface area contributed by atoms with Gasteiger partial charge in [-0.15, -0.1) is 22.7 Å². The predicted octanol–water partition coefficient (Wildman–Crippen LogP) is 3.15. The molecule has 2 aromatic heterocycles. The van der Waals surface area contributed by atoms with E-state index in [2.05, 4.69) is 6.07 Å². The number of hydrogen-bond donors (Lipinski definition) is 0. The minimum absolute atomic E-state index is 0.0175. The molecular formula is C23H22N2O3S2. The number of aromatic nitrogens is 1. The first-order chi connectivity index (χ1) is 14.2. The second-order valence-electron chi connectivity index (χ2n) is 7.74. The lowest BCUT2D eigenvalue weighted by Gasteiger charge is -2.15. The molecule has 154 valence electrons. The zero-order chi connectivity index (χ0) is 21.9. The summed E-state index contributed by atoms with van der Waals surface area (Å²) in [5.41, 5.74) is -0.0500. The predicted molar refractivity (Wildman–Crippen MR) is 121 cm³/mol. The number of nitriles is 1. The highest BCUT2D eigenvalue weighted by Crippen LogP contribution is 2.20. The number of ketones is 1. The minimum atomic E-state index is -0.728. The fraction of sp³-hybridized carbons (Fsp3) is 0.261. The van der Waals surface area contributed by atoms with Crippen LogP contribution in [-0.2, 0) is 11.3 Å². The molecule has 0 bridgehead atoms. The molecule has 7 heteroatoms. The zero-order valence-electron chi connectivity index (χ0n) is 17.3. The molecule has 0 aliphatic rings. The standard InChI is InChI=1S/C23H22N2O3S2/c1-23(2,3)20(26)18(13-24)22-25(14-15-7-9-16(28-4)10-8-15)21(27)19(30-22)12-17-6-5-11-29-17/h5-12H,14H2,1-4H3/b19-12+,22-18-. The fourth-order valence-corrected chi connectivity index (χ4v) is 4.66. The Kier molecular flexibility index (Phi) is 6.40. The average Bonchev–Trinajstić information content (AvgIpc) is 3.33. The first-order valence-corrected chi connectivity index (χ1v) is 11.0. The molecule has 2 heterocycles. The van der Waals surface area contributed by atoms with Crippen molar-refractivity contribution < 1.29 is 9.53 Å². The zero-order valence-corrected chi connectivity index (χ0v) is 18.9. The van der Waals surface area contributed by atoms with E-state index in [9.17, 15) is 14.9 Å². The maximum Gasteiger partial charge on any atom is 0.269 e. The molecule has 0 saturated heterocycles. The van der Waals surface area contributed by atoms with Gasteiger partial charge in [0.2, 0.25) is 0 Å². The minimum Gasteiger partial charge on any atom is -0.497 e. The molecule has 1 aromatic carbocycles. The van der Waals surface area contributed by atoms with E-state index in [-0.39, 0.29) is 23.5 Å². The third-order valence-corrected chi connectivity index (χ3v) is 6.41. The Morgan fingerprint density at radius 3 is 2.47 bits per heavy atom. The van der Waals surface area contributed by atoms with Gasteiger partial charge in [-0.05, 0) is 35.2 Å². The Hall–Kier alpha value is -2.95. The summed E-state index contributed by atoms with van der Waals surface area (Å²) < 4.78 is 7.60. The molecule has 0 aliphatic heterocycles. The second-order valence-corrected chi connectivity index (χ2v) is 9.75. The lowest BCUT2D eigenvalue weighted by Crippen LogP contribution is -2.34. The van der Waals surface area contributed by atoms with Crippen LogP contribution in [0.1, 0.15) is 31.2 Å². The summed E-state index contributed by atoms with van der Waals surface area (Å²) in [4.78, 5) is 27.1. The molecule has 0 radical (unpaired) electrons. The number of methoxy groups -OCH3 is 1. The summed E-state index contributed by atoms with van der Waals surface area (Å²) in [6.07, 6.45) is 1.81. The summed E-state index contributed by atoms with van der Waals surface area (Å²) in [5.74, 6) is 0.438. The van der Waals surface area contributed by atoms with Gasteiger partial charge in [0.1, 0.15) is 22.1 Å². The summed E-state index contributed by atoms with van der Waals surface area (Å²) in [6, 6.07) is 13.3. The molecular weight excluding hydrogens is 416 g/mol. The Balaban J connectivity index is 2.26. The van der Waals surface area contributed by atoms with Crippen molar-refractivity contribution in [2.45, 2.75) is 27.3 Å². The first kappa shape index (κ1) is 21.8. The van der Waals surface area contributed by atoms with Crippen molar-refractivity contribution in [3.8, 4) is 11.8 Å². The van der Waals surface area contributed by atoms with Crippen molar-refractivity contribution in [3.05, 3.63) is 71.8 Å². The van der Waals surface area contributed by atoms with Gasteiger partial charge in [0, 0.05) is 10.3 Å². The van der Waals surface area contributed by atoms with Crippen molar-refractivity contribution in [2.24, 2.45) is 5.41 Å². The number of ether oxygens (including phenoxy) is 1. The molecule has 0 atom stereocenters. The first-order valence-electron chi connectivity index (χ1n) is 9.31. The highest BCUT2D eigenvalue weighted by Gasteiger charge is 2.27. The molecule has 3 rings (SSSR count). The summed E-state index contributed by atoms with van der Waals surface area (Å²) >= 11 is 2.71. The third kappa shape index (κ3) is 4.61. The van der Waals surface area contributed by atoms with Gasteiger partial charge in [-0.1, -0.05) is 39.0 Å². The largest absolute Gasteiger partial charge is 0.497 e. The van der Waals surface area contributed by atoms with Crippen molar-refractivity contribution in [3.63, 3.8) is 0 Å². The van der Waals surface area contributed by atoms with Gasteiger partial charge in [-0.3, -0.25) is 14.2 Å². The fourth-order valence-electron chi connectivity index (χ4n) is 2.84. The molecule has 3 aromatic rings. The van der Waals surface area contributed by atoms with Gasteiger partial charge >= 0.3 is 0 Å². The monoisotopic (exact) mass is 438 g/mol. The maximum atomic E-state index is 13.2. The molecule has 0 unspecified atom stereocenters. The van der Waals surface area contributed by atoms with Crippen LogP contribution in [0.15, 0.2) is 46.6 Å². The second kappa shape index (κ2) is 8.82. The van der Waals surface area contributed by atoms with E-state index in [4.69, 9.17) is 4.74 Å². The number of carbonyl (C=O) groups is 1. The Bertz CT molecular complexity index is 1270. The van der Waals surface area contributed by atoms with Gasteiger partial charge in [0.15, 0.2) is 5.78 Å². The van der Waals surface area contributed by atoms with Crippen LogP contribution < -0.4 is 19.5 Å². The van der Waals surface area contributed by atoms with Gasteiger partial charge in [-0.25, -0.2) is 0 Å². The van der Waals surface area contributed by atoms with E-state index >= 15 is 0 Å². The highest BCUT2D eigenvalue weighted by molar-refractivity contribution is 7.11. The molecule has 0 aliphatic carbocycles. The highest BCUT2D eigenvalue weighted by atomic mass is 32.1. The van der Waals surface area contributed by atoms with E-state index in [0.717, 1.165) is 16.2 Å². The van der Waals surface area contributed by atoms with Crippen LogP contribution in [0.25, 0.3) is 11.6 Å². The summed E-state index contributed by atoms with van der Waals surface area (Å²) in [5, 5.41) is 11.7. The maximum absolute atomic E-state index is 13.2. The molecule has 0 N–H and O–H groups in total. The Labute approximate surface area is 182 Å². The van der Waals surface area contributed by atoms with Crippen LogP contribution in [0.3, 0.4) is 0 Å². The number of thiophene rings is 1. The number of nitrogens with zero attached hydrogens (tertiary/aromatic N) is 2. The molecule has 30 heavy (non-hydrogen) atoms. The van der Waals surface area contributed by atoms with Gasteiger partial charge in [0.25, 0.3) is 5.56 Å². The van der Waals surface area contributed by atoms with Crippen LogP contribution in [0.2, 0.25) is 0 Å². The van der Waals surface area contributed by atoms with Gasteiger partial charge in [-0.2, -0.15) is 5.26 Å². The average molecular weight is 439 g/mol. The van der Waals surface area contributed by atoms with E-state index in [1.807, 2.05) is 47.9 Å². The Morgan fingerprint density at radius 2 is 1.93 bits per heavy atom. The lowest BCUT2D eigenvalue weighted by molar-refractivity contribution is -0.120. The Morgan fingerprint density at radius 1 is 1.23 bits per heavy atom. The summed E-state index contributed by atoms with van der Waals surface area (Å²) in [6.45, 7) is 5.57. The quantitative estimate of drug-likeness (QED) is 0.614. The number of carbonyl (C=O) groups excluding carboxylic acids is 1. The van der Waals surface area contributed by atoms with E-state index in [1.165, 1.54) is 27.2 Å². The number of hydrogen-bond acceptors (Lipinski definition) is 6. The SMILES string of the molecule is COc1ccc(Cn2c(=O)/c(=C\c3cccs3)s/c2=C(/C#N)C(=O)C(C)(C)C)cc1. The number of thiazole rings is 1. The van der Waals surface area contributed by atoms with E-state index in [0.29, 0.717) is 9.20 Å². The van der Waals surface area contributed by atoms with Crippen LogP contribution in [0, 0.1) is 16.7 Å². The van der Waals surface area contributed by atoms with Crippen molar-refractivity contribution in [1.82, 2.24) is 4.57 Å². The number of Topliss-reactive ketones (excluding diaryl/α,β-unsaturated/α-hetero) is 1.